The molecular formula is C20H20N2O3. The first-order valence-corrected chi connectivity index (χ1v) is 8.28. The second-order valence-corrected chi connectivity index (χ2v) is 5.92. The number of carbonyl (C=O) groups excluding carboxylic acids is 1. The van der Waals surface area contributed by atoms with Crippen LogP contribution in [0.3, 0.4) is 0 Å². The molecule has 0 bridgehead atoms. The van der Waals surface area contributed by atoms with Gasteiger partial charge in [-0.2, -0.15) is 5.26 Å². The largest absolute Gasteiger partial charge is 0.497 e. The first kappa shape index (κ1) is 16.8. The molecule has 128 valence electrons. The minimum atomic E-state index is -0.0712. The average molecular weight is 336 g/mol. The SMILES string of the molecule is COc1cccc(C2CCCN2C(=O)COc2ccccc2C#N)c1. The first-order chi connectivity index (χ1) is 12.2. The van der Waals surface area contributed by atoms with Gasteiger partial charge in [0.25, 0.3) is 5.91 Å². The lowest BCUT2D eigenvalue weighted by Gasteiger charge is -2.25. The van der Waals surface area contributed by atoms with Crippen molar-refractivity contribution in [3.05, 3.63) is 59.7 Å². The molecule has 0 aliphatic carbocycles. The van der Waals surface area contributed by atoms with Gasteiger partial charge in [0.1, 0.15) is 17.6 Å². The van der Waals surface area contributed by atoms with Crippen LogP contribution in [0, 0.1) is 11.3 Å². The second kappa shape index (κ2) is 7.71. The Morgan fingerprint density at radius 3 is 2.92 bits per heavy atom. The maximum atomic E-state index is 12.6. The van der Waals surface area contributed by atoms with Gasteiger partial charge in [0.15, 0.2) is 6.61 Å². The number of hydrogen-bond acceptors (Lipinski definition) is 4. The molecule has 1 amide bonds. The van der Waals surface area contributed by atoms with E-state index in [4.69, 9.17) is 14.7 Å². The van der Waals surface area contributed by atoms with Gasteiger partial charge < -0.3 is 14.4 Å². The van der Waals surface area contributed by atoms with Gasteiger partial charge in [-0.25, -0.2) is 0 Å². The Kier molecular flexibility index (Phi) is 5.20. The molecule has 0 saturated carbocycles. The number of para-hydroxylation sites is 1. The lowest BCUT2D eigenvalue weighted by molar-refractivity contribution is -0.134. The van der Waals surface area contributed by atoms with Gasteiger partial charge >= 0.3 is 0 Å². The maximum absolute atomic E-state index is 12.6. The van der Waals surface area contributed by atoms with E-state index in [1.54, 1.807) is 31.4 Å². The molecule has 1 saturated heterocycles. The Labute approximate surface area is 147 Å². The summed E-state index contributed by atoms with van der Waals surface area (Å²) >= 11 is 0. The van der Waals surface area contributed by atoms with Gasteiger partial charge in [-0.05, 0) is 42.7 Å². The van der Waals surface area contributed by atoms with E-state index in [0.717, 1.165) is 24.2 Å². The fourth-order valence-electron chi connectivity index (χ4n) is 3.17. The third kappa shape index (κ3) is 3.74. The van der Waals surface area contributed by atoms with E-state index in [-0.39, 0.29) is 18.6 Å². The smallest absolute Gasteiger partial charge is 0.261 e. The quantitative estimate of drug-likeness (QED) is 0.840. The fraction of sp³-hybridized carbons (Fsp3) is 0.300. The molecule has 2 aromatic rings. The van der Waals surface area contributed by atoms with E-state index in [9.17, 15) is 4.79 Å². The van der Waals surface area contributed by atoms with Crippen LogP contribution in [-0.4, -0.2) is 31.1 Å². The second-order valence-electron chi connectivity index (χ2n) is 5.92. The zero-order chi connectivity index (χ0) is 17.6. The van der Waals surface area contributed by atoms with Gasteiger partial charge in [0, 0.05) is 6.54 Å². The molecule has 0 spiro atoms. The minimum absolute atomic E-state index is 0.0393. The maximum Gasteiger partial charge on any atom is 0.261 e. The number of hydrogen-bond donors (Lipinski definition) is 0. The predicted molar refractivity (Wildman–Crippen MR) is 93.3 cm³/mol. The Hall–Kier alpha value is -3.00. The molecule has 1 atom stereocenters. The van der Waals surface area contributed by atoms with Crippen LogP contribution in [0.2, 0.25) is 0 Å². The Bertz CT molecular complexity index is 798. The molecule has 1 heterocycles. The number of nitriles is 1. The molecule has 0 aromatic heterocycles. The topological polar surface area (TPSA) is 62.6 Å². The average Bonchev–Trinajstić information content (AvgIpc) is 3.16. The highest BCUT2D eigenvalue weighted by Crippen LogP contribution is 2.33. The van der Waals surface area contributed by atoms with Crippen molar-refractivity contribution < 1.29 is 14.3 Å². The molecule has 25 heavy (non-hydrogen) atoms. The van der Waals surface area contributed by atoms with Gasteiger partial charge in [-0.1, -0.05) is 24.3 Å². The number of methoxy groups -OCH3 is 1. The zero-order valence-electron chi connectivity index (χ0n) is 14.1. The van der Waals surface area contributed by atoms with Crippen molar-refractivity contribution in [1.82, 2.24) is 4.90 Å². The van der Waals surface area contributed by atoms with Crippen molar-refractivity contribution in [1.29, 1.82) is 5.26 Å². The molecule has 1 aliphatic heterocycles. The van der Waals surface area contributed by atoms with Crippen LogP contribution in [-0.2, 0) is 4.79 Å². The summed E-state index contributed by atoms with van der Waals surface area (Å²) in [5.41, 5.74) is 1.50. The molecule has 0 N–H and O–H groups in total. The van der Waals surface area contributed by atoms with E-state index in [0.29, 0.717) is 17.9 Å². The Morgan fingerprint density at radius 2 is 2.12 bits per heavy atom. The standard InChI is InChI=1S/C20H20N2O3/c1-24-17-8-4-7-15(12-17)18-9-5-11-22(18)20(23)14-25-19-10-3-2-6-16(19)13-21/h2-4,6-8,10,12,18H,5,9,11,14H2,1H3. The normalized spacial score (nSPS) is 16.3. The number of rotatable bonds is 5. The van der Waals surface area contributed by atoms with Crippen LogP contribution in [0.5, 0.6) is 11.5 Å². The van der Waals surface area contributed by atoms with E-state index in [2.05, 4.69) is 6.07 Å². The lowest BCUT2D eigenvalue weighted by atomic mass is 10.0. The molecule has 0 radical (unpaired) electrons. The van der Waals surface area contributed by atoms with E-state index < -0.39 is 0 Å². The zero-order valence-corrected chi connectivity index (χ0v) is 14.1. The van der Waals surface area contributed by atoms with E-state index in [1.807, 2.05) is 29.2 Å². The monoisotopic (exact) mass is 336 g/mol. The molecule has 1 unspecified atom stereocenters. The van der Waals surface area contributed by atoms with Gasteiger partial charge in [0.2, 0.25) is 0 Å². The molecule has 3 rings (SSSR count). The van der Waals surface area contributed by atoms with Crippen molar-refractivity contribution in [2.24, 2.45) is 0 Å². The lowest BCUT2D eigenvalue weighted by Crippen LogP contribution is -2.34. The summed E-state index contributed by atoms with van der Waals surface area (Å²) in [6.07, 6.45) is 1.89. The van der Waals surface area contributed by atoms with Crippen LogP contribution < -0.4 is 9.47 Å². The number of nitrogens with zero attached hydrogens (tertiary/aromatic N) is 2. The van der Waals surface area contributed by atoms with Crippen molar-refractivity contribution >= 4 is 5.91 Å². The van der Waals surface area contributed by atoms with Gasteiger partial charge in [0.05, 0.1) is 18.7 Å². The summed E-state index contributed by atoms with van der Waals surface area (Å²) in [5, 5.41) is 9.10. The molecule has 5 nitrogen and oxygen atoms in total. The summed E-state index contributed by atoms with van der Waals surface area (Å²) in [5.74, 6) is 1.16. The summed E-state index contributed by atoms with van der Waals surface area (Å²) in [6, 6.07) is 16.9. The highest BCUT2D eigenvalue weighted by atomic mass is 16.5. The number of likely N-dealkylation sites (tertiary alicyclic amines) is 1. The van der Waals surface area contributed by atoms with Crippen LogP contribution >= 0.6 is 0 Å². The van der Waals surface area contributed by atoms with E-state index in [1.165, 1.54) is 0 Å². The Balaban J connectivity index is 1.69. The summed E-state index contributed by atoms with van der Waals surface area (Å²) in [7, 11) is 1.64. The Morgan fingerprint density at radius 1 is 1.28 bits per heavy atom. The van der Waals surface area contributed by atoms with Crippen molar-refractivity contribution in [3.63, 3.8) is 0 Å². The molecular weight excluding hydrogens is 316 g/mol. The van der Waals surface area contributed by atoms with Crippen molar-refractivity contribution in [2.75, 3.05) is 20.3 Å². The van der Waals surface area contributed by atoms with Crippen LogP contribution in [0.15, 0.2) is 48.5 Å². The van der Waals surface area contributed by atoms with Crippen molar-refractivity contribution in [3.8, 4) is 17.6 Å². The van der Waals surface area contributed by atoms with E-state index >= 15 is 0 Å². The molecule has 2 aromatic carbocycles. The van der Waals surface area contributed by atoms with Crippen molar-refractivity contribution in [2.45, 2.75) is 18.9 Å². The summed E-state index contributed by atoms with van der Waals surface area (Å²) < 4.78 is 10.9. The molecule has 1 aliphatic rings. The highest BCUT2D eigenvalue weighted by molar-refractivity contribution is 5.78. The number of carbonyl (C=O) groups is 1. The predicted octanol–water partition coefficient (Wildman–Crippen LogP) is 3.31. The number of benzene rings is 2. The molecule has 5 heteroatoms. The van der Waals surface area contributed by atoms with Crippen LogP contribution in [0.4, 0.5) is 0 Å². The summed E-state index contributed by atoms with van der Waals surface area (Å²) in [6.45, 7) is 0.642. The minimum Gasteiger partial charge on any atom is -0.497 e. The highest BCUT2D eigenvalue weighted by Gasteiger charge is 2.30. The number of amides is 1. The van der Waals surface area contributed by atoms with Crippen LogP contribution in [0.1, 0.15) is 30.0 Å². The number of ether oxygens (including phenoxy) is 2. The fourth-order valence-corrected chi connectivity index (χ4v) is 3.17. The third-order valence-corrected chi connectivity index (χ3v) is 4.41. The molecule has 1 fully saturated rings. The van der Waals surface area contributed by atoms with Gasteiger partial charge in [-0.3, -0.25) is 4.79 Å². The van der Waals surface area contributed by atoms with Gasteiger partial charge in [-0.15, -0.1) is 0 Å². The summed E-state index contributed by atoms with van der Waals surface area (Å²) in [4.78, 5) is 14.5. The third-order valence-electron chi connectivity index (χ3n) is 4.41. The first-order valence-electron chi connectivity index (χ1n) is 8.28. The van der Waals surface area contributed by atoms with Crippen LogP contribution in [0.25, 0.3) is 0 Å².